The fraction of sp³-hybridized carbons (Fsp3) is 0.533. The number of nitrogens with zero attached hydrogens (tertiary/aromatic N) is 1. The van der Waals surface area contributed by atoms with E-state index in [1.54, 1.807) is 0 Å². The van der Waals surface area contributed by atoms with Crippen molar-refractivity contribution in [2.24, 2.45) is 0 Å². The summed E-state index contributed by atoms with van der Waals surface area (Å²) in [4.78, 5) is 14.3. The normalized spacial score (nSPS) is 17.7. The molecule has 3 nitrogen and oxygen atoms in total. The topological polar surface area (TPSA) is 29.5 Å². The fourth-order valence-electron chi connectivity index (χ4n) is 2.48. The van der Waals surface area contributed by atoms with Crippen molar-refractivity contribution in [1.82, 2.24) is 4.90 Å². The minimum Gasteiger partial charge on any atom is -0.469 e. The largest absolute Gasteiger partial charge is 0.469 e. The van der Waals surface area contributed by atoms with Crippen LogP contribution >= 0.6 is 0 Å². The Morgan fingerprint density at radius 1 is 1.28 bits per heavy atom. The van der Waals surface area contributed by atoms with Crippen LogP contribution in [0, 0.1) is 6.92 Å². The lowest BCUT2D eigenvalue weighted by Gasteiger charge is -2.22. The van der Waals surface area contributed by atoms with Crippen molar-refractivity contribution < 1.29 is 9.53 Å². The highest BCUT2D eigenvalue weighted by Gasteiger charge is 2.25. The number of hydrogen-bond acceptors (Lipinski definition) is 3. The smallest absolute Gasteiger partial charge is 0.314 e. The third kappa shape index (κ3) is 3.10. The van der Waals surface area contributed by atoms with Crippen LogP contribution in [-0.2, 0) is 9.53 Å². The third-order valence-electron chi connectivity index (χ3n) is 3.60. The van der Waals surface area contributed by atoms with E-state index in [0.29, 0.717) is 0 Å². The molecule has 1 heterocycles. The van der Waals surface area contributed by atoms with E-state index >= 15 is 0 Å². The van der Waals surface area contributed by atoms with E-state index in [1.165, 1.54) is 25.5 Å². The Balaban J connectivity index is 2.13. The van der Waals surface area contributed by atoms with Crippen LogP contribution in [0.2, 0.25) is 0 Å². The number of likely N-dealkylation sites (tertiary alicyclic amines) is 1. The molecule has 18 heavy (non-hydrogen) atoms. The molecule has 1 aliphatic heterocycles. The molecule has 2 rings (SSSR count). The highest BCUT2D eigenvalue weighted by Crippen LogP contribution is 2.21. The highest BCUT2D eigenvalue weighted by molar-refractivity contribution is 5.78. The van der Waals surface area contributed by atoms with Gasteiger partial charge >= 0.3 is 5.97 Å². The van der Waals surface area contributed by atoms with Gasteiger partial charge < -0.3 is 9.64 Å². The molecule has 1 atom stereocenters. The average molecular weight is 247 g/mol. The number of carbonyl (C=O) groups excluding carboxylic acids is 1. The predicted molar refractivity (Wildman–Crippen MR) is 71.6 cm³/mol. The van der Waals surface area contributed by atoms with Crippen LogP contribution in [0.4, 0.5) is 0 Å². The molecule has 0 saturated carbocycles. The zero-order chi connectivity index (χ0) is 13.0. The molecule has 0 radical (unpaired) electrons. The Bertz CT molecular complexity index is 393. The van der Waals surface area contributed by atoms with Crippen molar-refractivity contribution in [2.75, 3.05) is 26.7 Å². The first kappa shape index (κ1) is 13.1. The molecule has 1 aliphatic rings. The van der Waals surface area contributed by atoms with Crippen LogP contribution < -0.4 is 0 Å². The van der Waals surface area contributed by atoms with E-state index < -0.39 is 0 Å². The van der Waals surface area contributed by atoms with Gasteiger partial charge in [0.05, 0.1) is 13.0 Å². The minimum absolute atomic E-state index is 0.134. The number of carbonyl (C=O) groups is 1. The minimum atomic E-state index is -0.159. The first-order valence-electron chi connectivity index (χ1n) is 6.57. The van der Waals surface area contributed by atoms with Gasteiger partial charge in [0, 0.05) is 6.54 Å². The van der Waals surface area contributed by atoms with Crippen LogP contribution in [0.3, 0.4) is 0 Å². The Morgan fingerprint density at radius 2 is 1.89 bits per heavy atom. The second-order valence-electron chi connectivity index (χ2n) is 4.99. The van der Waals surface area contributed by atoms with Gasteiger partial charge in [-0.15, -0.1) is 0 Å². The van der Waals surface area contributed by atoms with Gasteiger partial charge in [0.25, 0.3) is 0 Å². The molecule has 0 bridgehead atoms. The molecule has 0 aliphatic carbocycles. The van der Waals surface area contributed by atoms with Crippen molar-refractivity contribution in [1.29, 1.82) is 0 Å². The summed E-state index contributed by atoms with van der Waals surface area (Å²) in [5.74, 6) is -0.292. The standard InChI is InChI=1S/C15H21NO2/c1-12-5-7-13(8-6-12)14(15(17)18-2)11-16-9-3-4-10-16/h5-8,14H,3-4,9-11H2,1-2H3. The quantitative estimate of drug-likeness (QED) is 0.765. The van der Waals surface area contributed by atoms with Gasteiger partial charge in [0.15, 0.2) is 0 Å². The molecule has 0 N–H and O–H groups in total. The summed E-state index contributed by atoms with van der Waals surface area (Å²) in [7, 11) is 1.47. The van der Waals surface area contributed by atoms with Gasteiger partial charge in [0.1, 0.15) is 0 Å². The molecule has 0 aromatic heterocycles. The van der Waals surface area contributed by atoms with Gasteiger partial charge in [-0.25, -0.2) is 0 Å². The van der Waals surface area contributed by atoms with Gasteiger partial charge in [-0.05, 0) is 38.4 Å². The molecule has 1 aromatic rings. The summed E-state index contributed by atoms with van der Waals surface area (Å²) in [5.41, 5.74) is 2.27. The second kappa shape index (κ2) is 6.01. The molecule has 1 unspecified atom stereocenters. The monoisotopic (exact) mass is 247 g/mol. The Kier molecular flexibility index (Phi) is 4.37. The lowest BCUT2D eigenvalue weighted by atomic mass is 9.97. The summed E-state index contributed by atoms with van der Waals surface area (Å²) in [6.07, 6.45) is 2.48. The van der Waals surface area contributed by atoms with E-state index in [-0.39, 0.29) is 11.9 Å². The zero-order valence-corrected chi connectivity index (χ0v) is 11.2. The first-order chi connectivity index (χ1) is 8.70. The van der Waals surface area contributed by atoms with Crippen molar-refractivity contribution in [3.05, 3.63) is 35.4 Å². The SMILES string of the molecule is COC(=O)C(CN1CCCC1)c1ccc(C)cc1. The summed E-state index contributed by atoms with van der Waals surface area (Å²) in [6.45, 7) is 5.02. The maximum absolute atomic E-state index is 11.9. The van der Waals surface area contributed by atoms with Crippen LogP contribution in [-0.4, -0.2) is 37.6 Å². The summed E-state index contributed by atoms with van der Waals surface area (Å²) < 4.78 is 4.94. The molecule has 1 saturated heterocycles. The zero-order valence-electron chi connectivity index (χ0n) is 11.2. The van der Waals surface area contributed by atoms with Gasteiger partial charge in [-0.1, -0.05) is 29.8 Å². The van der Waals surface area contributed by atoms with E-state index in [1.807, 2.05) is 12.1 Å². The summed E-state index contributed by atoms with van der Waals surface area (Å²) >= 11 is 0. The summed E-state index contributed by atoms with van der Waals surface area (Å²) in [6, 6.07) is 8.17. The van der Waals surface area contributed by atoms with Gasteiger partial charge in [-0.2, -0.15) is 0 Å². The molecule has 98 valence electrons. The first-order valence-corrected chi connectivity index (χ1v) is 6.57. The van der Waals surface area contributed by atoms with Crippen LogP contribution in [0.15, 0.2) is 24.3 Å². The van der Waals surface area contributed by atoms with E-state index in [2.05, 4.69) is 24.0 Å². The molecule has 3 heteroatoms. The second-order valence-corrected chi connectivity index (χ2v) is 4.99. The Hall–Kier alpha value is -1.35. The third-order valence-corrected chi connectivity index (χ3v) is 3.60. The number of rotatable bonds is 4. The van der Waals surface area contributed by atoms with Crippen molar-refractivity contribution in [3.8, 4) is 0 Å². The molecular weight excluding hydrogens is 226 g/mol. The number of hydrogen-bond donors (Lipinski definition) is 0. The molecule has 1 fully saturated rings. The van der Waals surface area contributed by atoms with Gasteiger partial charge in [0.2, 0.25) is 0 Å². The van der Waals surface area contributed by atoms with E-state index in [4.69, 9.17) is 4.74 Å². The van der Waals surface area contributed by atoms with Crippen LogP contribution in [0.25, 0.3) is 0 Å². The molecule has 1 aromatic carbocycles. The van der Waals surface area contributed by atoms with Crippen LogP contribution in [0.1, 0.15) is 29.9 Å². The van der Waals surface area contributed by atoms with E-state index in [9.17, 15) is 4.79 Å². The summed E-state index contributed by atoms with van der Waals surface area (Å²) in [5, 5.41) is 0. The predicted octanol–water partition coefficient (Wildman–Crippen LogP) is 2.35. The number of ether oxygens (including phenoxy) is 1. The maximum atomic E-state index is 11.9. The molecule has 0 amide bonds. The van der Waals surface area contributed by atoms with Crippen molar-refractivity contribution >= 4 is 5.97 Å². The Labute approximate surface area is 109 Å². The van der Waals surface area contributed by atoms with Gasteiger partial charge in [-0.3, -0.25) is 4.79 Å². The lowest BCUT2D eigenvalue weighted by molar-refractivity contribution is -0.142. The molecular formula is C15H21NO2. The fourth-order valence-corrected chi connectivity index (χ4v) is 2.48. The van der Waals surface area contributed by atoms with Crippen molar-refractivity contribution in [3.63, 3.8) is 0 Å². The number of benzene rings is 1. The average Bonchev–Trinajstić information content (AvgIpc) is 2.89. The Morgan fingerprint density at radius 3 is 2.44 bits per heavy atom. The van der Waals surface area contributed by atoms with Crippen LogP contribution in [0.5, 0.6) is 0 Å². The number of aryl methyl sites for hydroxylation is 1. The van der Waals surface area contributed by atoms with E-state index in [0.717, 1.165) is 25.2 Å². The highest BCUT2D eigenvalue weighted by atomic mass is 16.5. The van der Waals surface area contributed by atoms with Crippen molar-refractivity contribution in [2.45, 2.75) is 25.7 Å². The number of esters is 1. The number of methoxy groups -OCH3 is 1. The lowest BCUT2D eigenvalue weighted by Crippen LogP contribution is -2.30. The molecule has 0 spiro atoms. The maximum Gasteiger partial charge on any atom is 0.314 e.